The van der Waals surface area contributed by atoms with Crippen molar-refractivity contribution in [2.24, 2.45) is 5.92 Å². The molecule has 1 heterocycles. The Balaban J connectivity index is 1.50. The lowest BCUT2D eigenvalue weighted by atomic mass is 10.3. The fourth-order valence-electron chi connectivity index (χ4n) is 1.63. The third-order valence-corrected chi connectivity index (χ3v) is 2.82. The van der Waals surface area contributed by atoms with E-state index in [2.05, 4.69) is 10.4 Å². The number of aromatic nitrogens is 2. The minimum Gasteiger partial charge on any atom is -0.394 e. The Morgan fingerprint density at radius 1 is 1.53 bits per heavy atom. The SMILES string of the molecule is OCCn1cc(CNCCOCC2CC2)cn1. The smallest absolute Gasteiger partial charge is 0.0640 e. The standard InChI is InChI=1S/C12H21N3O2/c16-5-4-15-9-12(8-14-15)7-13-3-6-17-10-11-1-2-11/h8-9,11,13,16H,1-7,10H2. The highest BCUT2D eigenvalue weighted by Gasteiger charge is 2.20. The van der Waals surface area contributed by atoms with Gasteiger partial charge in [0.1, 0.15) is 0 Å². The first-order chi connectivity index (χ1) is 8.38. The van der Waals surface area contributed by atoms with Crippen molar-refractivity contribution in [2.45, 2.75) is 25.9 Å². The molecule has 1 aromatic rings. The average Bonchev–Trinajstić information content (AvgIpc) is 3.05. The van der Waals surface area contributed by atoms with E-state index >= 15 is 0 Å². The van der Waals surface area contributed by atoms with Crippen LogP contribution in [0.4, 0.5) is 0 Å². The van der Waals surface area contributed by atoms with Crippen LogP contribution in [0, 0.1) is 5.92 Å². The first kappa shape index (κ1) is 12.5. The van der Waals surface area contributed by atoms with Crippen molar-refractivity contribution in [2.75, 3.05) is 26.4 Å². The molecule has 0 spiro atoms. The molecule has 0 radical (unpaired) electrons. The molecule has 1 saturated carbocycles. The number of aliphatic hydroxyl groups excluding tert-OH is 1. The van der Waals surface area contributed by atoms with Gasteiger partial charge in [0.25, 0.3) is 0 Å². The highest BCUT2D eigenvalue weighted by Crippen LogP contribution is 2.28. The van der Waals surface area contributed by atoms with E-state index in [-0.39, 0.29) is 6.61 Å². The zero-order valence-electron chi connectivity index (χ0n) is 10.1. The summed E-state index contributed by atoms with van der Waals surface area (Å²) < 4.78 is 7.27. The second-order valence-electron chi connectivity index (χ2n) is 4.53. The molecule has 5 nitrogen and oxygen atoms in total. The van der Waals surface area contributed by atoms with Gasteiger partial charge in [0.15, 0.2) is 0 Å². The van der Waals surface area contributed by atoms with Gasteiger partial charge in [-0.05, 0) is 18.8 Å². The van der Waals surface area contributed by atoms with Crippen LogP contribution in [0.15, 0.2) is 12.4 Å². The van der Waals surface area contributed by atoms with Gasteiger partial charge < -0.3 is 15.2 Å². The quantitative estimate of drug-likeness (QED) is 0.612. The van der Waals surface area contributed by atoms with Crippen LogP contribution in [0.3, 0.4) is 0 Å². The molecule has 2 rings (SSSR count). The minimum atomic E-state index is 0.129. The van der Waals surface area contributed by atoms with Crippen LogP contribution >= 0.6 is 0 Å². The number of rotatable bonds is 9. The molecule has 0 unspecified atom stereocenters. The van der Waals surface area contributed by atoms with Gasteiger partial charge in [0.05, 0.1) is 26.0 Å². The molecule has 1 fully saturated rings. The van der Waals surface area contributed by atoms with E-state index in [1.54, 1.807) is 4.68 Å². The van der Waals surface area contributed by atoms with Gasteiger partial charge in [-0.3, -0.25) is 4.68 Å². The number of ether oxygens (including phenoxy) is 1. The van der Waals surface area contributed by atoms with Gasteiger partial charge in [0.2, 0.25) is 0 Å². The van der Waals surface area contributed by atoms with E-state index in [0.717, 1.165) is 37.8 Å². The van der Waals surface area contributed by atoms with Crippen molar-refractivity contribution < 1.29 is 9.84 Å². The highest BCUT2D eigenvalue weighted by atomic mass is 16.5. The number of hydrogen-bond acceptors (Lipinski definition) is 4. The maximum Gasteiger partial charge on any atom is 0.0640 e. The molecule has 0 aromatic carbocycles. The third kappa shape index (κ3) is 4.85. The Kier molecular flexibility index (Phi) is 4.97. The second-order valence-corrected chi connectivity index (χ2v) is 4.53. The summed E-state index contributed by atoms with van der Waals surface area (Å²) in [5.74, 6) is 0.840. The van der Waals surface area contributed by atoms with Gasteiger partial charge in [-0.15, -0.1) is 0 Å². The Morgan fingerprint density at radius 3 is 3.18 bits per heavy atom. The summed E-state index contributed by atoms with van der Waals surface area (Å²) in [5, 5.41) is 16.2. The lowest BCUT2D eigenvalue weighted by Crippen LogP contribution is -2.19. The predicted octanol–water partition coefficient (Wildman–Crippen LogP) is 0.392. The topological polar surface area (TPSA) is 59.3 Å². The number of nitrogens with zero attached hydrogens (tertiary/aromatic N) is 2. The van der Waals surface area contributed by atoms with Crippen LogP contribution in [-0.2, 0) is 17.8 Å². The van der Waals surface area contributed by atoms with Crippen LogP contribution in [0.5, 0.6) is 0 Å². The van der Waals surface area contributed by atoms with Gasteiger partial charge in [-0.2, -0.15) is 5.10 Å². The van der Waals surface area contributed by atoms with Crippen LogP contribution in [0.2, 0.25) is 0 Å². The third-order valence-electron chi connectivity index (χ3n) is 2.82. The van der Waals surface area contributed by atoms with Crippen LogP contribution in [0.1, 0.15) is 18.4 Å². The molecular formula is C12H21N3O2. The van der Waals surface area contributed by atoms with Crippen LogP contribution < -0.4 is 5.32 Å². The van der Waals surface area contributed by atoms with Crippen LogP contribution in [-0.4, -0.2) is 41.3 Å². The summed E-state index contributed by atoms with van der Waals surface area (Å²) in [4.78, 5) is 0. The Labute approximate surface area is 102 Å². The van der Waals surface area contributed by atoms with Gasteiger partial charge in [-0.25, -0.2) is 0 Å². The largest absolute Gasteiger partial charge is 0.394 e. The zero-order chi connectivity index (χ0) is 11.9. The lowest BCUT2D eigenvalue weighted by Gasteiger charge is -2.04. The maximum atomic E-state index is 8.76. The Morgan fingerprint density at radius 2 is 2.41 bits per heavy atom. The first-order valence-corrected chi connectivity index (χ1v) is 6.29. The number of nitrogens with one attached hydrogen (secondary N) is 1. The van der Waals surface area contributed by atoms with Crippen molar-refractivity contribution in [3.05, 3.63) is 18.0 Å². The highest BCUT2D eigenvalue weighted by molar-refractivity contribution is 5.03. The van der Waals surface area contributed by atoms with Crippen molar-refractivity contribution in [3.63, 3.8) is 0 Å². The van der Waals surface area contributed by atoms with Crippen molar-refractivity contribution in [1.29, 1.82) is 0 Å². The minimum absolute atomic E-state index is 0.129. The molecule has 0 aliphatic heterocycles. The molecule has 1 aromatic heterocycles. The molecule has 96 valence electrons. The van der Waals surface area contributed by atoms with Gasteiger partial charge >= 0.3 is 0 Å². The molecule has 1 aliphatic rings. The Bertz CT molecular complexity index is 323. The van der Waals surface area contributed by atoms with E-state index < -0.39 is 0 Å². The molecule has 0 saturated heterocycles. The van der Waals surface area contributed by atoms with E-state index in [9.17, 15) is 0 Å². The van der Waals surface area contributed by atoms with E-state index in [1.165, 1.54) is 12.8 Å². The molecule has 0 atom stereocenters. The molecule has 5 heteroatoms. The normalized spacial score (nSPS) is 15.4. The van der Waals surface area contributed by atoms with E-state index in [4.69, 9.17) is 9.84 Å². The van der Waals surface area contributed by atoms with Crippen molar-refractivity contribution >= 4 is 0 Å². The van der Waals surface area contributed by atoms with Crippen molar-refractivity contribution in [3.8, 4) is 0 Å². The molecular weight excluding hydrogens is 218 g/mol. The van der Waals surface area contributed by atoms with Crippen LogP contribution in [0.25, 0.3) is 0 Å². The van der Waals surface area contributed by atoms with Gasteiger partial charge in [0, 0.05) is 31.5 Å². The predicted molar refractivity (Wildman–Crippen MR) is 64.6 cm³/mol. The molecule has 2 N–H and O–H groups in total. The molecule has 17 heavy (non-hydrogen) atoms. The summed E-state index contributed by atoms with van der Waals surface area (Å²) in [7, 11) is 0. The van der Waals surface area contributed by atoms with E-state index in [0.29, 0.717) is 6.54 Å². The average molecular weight is 239 g/mol. The molecule has 1 aliphatic carbocycles. The summed E-state index contributed by atoms with van der Waals surface area (Å²) in [6.07, 6.45) is 6.47. The Hall–Kier alpha value is -0.910. The fraction of sp³-hybridized carbons (Fsp3) is 0.750. The summed E-state index contributed by atoms with van der Waals surface area (Å²) in [5.41, 5.74) is 1.14. The first-order valence-electron chi connectivity index (χ1n) is 6.29. The zero-order valence-corrected chi connectivity index (χ0v) is 10.1. The number of aliphatic hydroxyl groups is 1. The van der Waals surface area contributed by atoms with Crippen molar-refractivity contribution in [1.82, 2.24) is 15.1 Å². The molecule has 0 bridgehead atoms. The second kappa shape index (κ2) is 6.74. The molecule has 0 amide bonds. The summed E-state index contributed by atoms with van der Waals surface area (Å²) >= 11 is 0. The maximum absolute atomic E-state index is 8.76. The summed E-state index contributed by atoms with van der Waals surface area (Å²) in [6.45, 7) is 4.07. The number of hydrogen-bond donors (Lipinski definition) is 2. The summed E-state index contributed by atoms with van der Waals surface area (Å²) in [6, 6.07) is 0. The van der Waals surface area contributed by atoms with Gasteiger partial charge in [-0.1, -0.05) is 0 Å². The van der Waals surface area contributed by atoms with E-state index in [1.807, 2.05) is 12.4 Å². The fourth-order valence-corrected chi connectivity index (χ4v) is 1.63. The lowest BCUT2D eigenvalue weighted by molar-refractivity contribution is 0.126. The monoisotopic (exact) mass is 239 g/mol.